The standard InChI is InChI=1S/C20H22N4O2.C16H16O3.3C13H16N4O.C9H10O2.4CH4/c1-13-3-5-14(6-4-13)12-26-17-7-8-18(25-2)15(10-17)9-16-11-23-20(22)24-19(16)21;1-12-3-5-13(6-4-12)11-19-15-7-8-16(18-2)14(9-15)10-17;3*1-8-3-4-11(18-2)9(5-8)6-10-7-16-13(15)17-12(10)14;1-7-3-4-9(11-2)8(5-7)6-10;;;;/h3-8,10-11H,9,12H2,1-2H3,(H4,21,22,23,24);3-10H,11H2,1-2H3;3*3-5,7H,6H2,1-2H3,(H4,14,15,16,17);3-6H,1-2H3;4*1H4. The van der Waals surface area contributed by atoms with E-state index >= 15 is 0 Å². The lowest BCUT2D eigenvalue weighted by Crippen LogP contribution is -2.05. The number of hydrogen-bond donors (Lipinski definition) is 8. The summed E-state index contributed by atoms with van der Waals surface area (Å²) in [6.45, 7) is 13.1. The van der Waals surface area contributed by atoms with Crippen molar-refractivity contribution in [1.82, 2.24) is 39.9 Å². The van der Waals surface area contributed by atoms with Crippen LogP contribution in [0.15, 0.2) is 183 Å². The number of nitrogen functional groups attached to an aromatic ring is 8. The van der Waals surface area contributed by atoms with E-state index in [4.69, 9.17) is 83.8 Å². The minimum absolute atomic E-state index is 0. The van der Waals surface area contributed by atoms with Crippen LogP contribution < -0.4 is 83.8 Å². The summed E-state index contributed by atoms with van der Waals surface area (Å²) in [6.07, 6.45) is 10.5. The summed E-state index contributed by atoms with van der Waals surface area (Å²) in [7, 11) is 9.67. The van der Waals surface area contributed by atoms with Gasteiger partial charge in [0.25, 0.3) is 0 Å². The molecule has 26 nitrogen and oxygen atoms in total. The van der Waals surface area contributed by atoms with Crippen LogP contribution >= 0.6 is 0 Å². The normalized spacial score (nSPS) is 9.86. The molecule has 0 radical (unpaired) electrons. The van der Waals surface area contributed by atoms with E-state index in [0.717, 1.165) is 103 Å². The van der Waals surface area contributed by atoms with Gasteiger partial charge >= 0.3 is 0 Å². The SMILES string of the molecule is C.C.C.C.COc1ccc(C)cc1C=O.COc1ccc(C)cc1Cc1cnc(N)nc1N.COc1ccc(C)cc1Cc1cnc(N)nc1N.COc1ccc(C)cc1Cc1cnc(N)nc1N.COc1ccc(OCc2ccc(C)cc2)cc1C=O.COc1ccc(OCc2ccc(C)cc2)cc1Cc1cnc(N)nc1N. The highest BCUT2D eigenvalue weighted by atomic mass is 16.5. The molecule has 0 fully saturated rings. The van der Waals surface area contributed by atoms with Crippen LogP contribution in [-0.2, 0) is 38.9 Å². The molecule has 4 aromatic heterocycles. The second kappa shape index (κ2) is 47.3. The summed E-state index contributed by atoms with van der Waals surface area (Å²) in [5, 5.41) is 0. The largest absolute Gasteiger partial charge is 0.496 e. The smallest absolute Gasteiger partial charge is 0.221 e. The van der Waals surface area contributed by atoms with E-state index < -0.39 is 0 Å². The molecule has 0 saturated heterocycles. The predicted octanol–water partition coefficient (Wildman–Crippen LogP) is 15.5. The number of nitrogens with zero attached hydrogens (tertiary/aromatic N) is 8. The molecule has 16 N–H and O–H groups in total. The molecule has 12 rings (SSSR count). The summed E-state index contributed by atoms with van der Waals surface area (Å²) < 4.78 is 43.1. The number of rotatable bonds is 22. The Kier molecular flexibility index (Phi) is 39.2. The van der Waals surface area contributed by atoms with Gasteiger partial charge in [0.1, 0.15) is 82.5 Å². The van der Waals surface area contributed by atoms with E-state index in [0.29, 0.717) is 90.5 Å². The van der Waals surface area contributed by atoms with Crippen LogP contribution in [0.1, 0.15) is 139 Å². The summed E-state index contributed by atoms with van der Waals surface area (Å²) in [5.74, 6) is 8.16. The lowest BCUT2D eigenvalue weighted by atomic mass is 10.0. The Balaban J connectivity index is 0.000000356. The number of nitrogens with two attached hydrogens (primary N) is 8. The van der Waals surface area contributed by atoms with Gasteiger partial charge in [-0.3, -0.25) is 9.59 Å². The number of methoxy groups -OCH3 is 6. The van der Waals surface area contributed by atoms with E-state index in [1.54, 1.807) is 90.7 Å². The first kappa shape index (κ1) is 94.4. The molecule has 0 unspecified atom stereocenters. The van der Waals surface area contributed by atoms with Gasteiger partial charge in [-0.25, -0.2) is 19.9 Å². The summed E-state index contributed by atoms with van der Waals surface area (Å²) >= 11 is 0. The number of hydrogen-bond acceptors (Lipinski definition) is 26. The van der Waals surface area contributed by atoms with Gasteiger partial charge in [0.15, 0.2) is 12.6 Å². The maximum Gasteiger partial charge on any atom is 0.221 e. The highest BCUT2D eigenvalue weighted by molar-refractivity contribution is 5.80. The van der Waals surface area contributed by atoms with Crippen molar-refractivity contribution in [2.75, 3.05) is 88.5 Å². The molecule has 0 saturated carbocycles. The molecule has 604 valence electrons. The van der Waals surface area contributed by atoms with Crippen LogP contribution in [0.5, 0.6) is 46.0 Å². The molecule has 8 aromatic carbocycles. The van der Waals surface area contributed by atoms with E-state index in [1.807, 2.05) is 120 Å². The predicted molar refractivity (Wildman–Crippen MR) is 460 cm³/mol. The molecule has 114 heavy (non-hydrogen) atoms. The fourth-order valence-electron chi connectivity index (χ4n) is 10.8. The third-order valence-electron chi connectivity index (χ3n) is 16.6. The molecule has 26 heteroatoms. The minimum atomic E-state index is 0. The monoisotopic (exact) mass is 1550 g/mol. The zero-order valence-electron chi connectivity index (χ0n) is 64.0. The number of benzene rings is 8. The number of aromatic nitrogens is 8. The lowest BCUT2D eigenvalue weighted by Gasteiger charge is -2.13. The van der Waals surface area contributed by atoms with Crippen molar-refractivity contribution in [3.63, 3.8) is 0 Å². The summed E-state index contributed by atoms with van der Waals surface area (Å²) in [6, 6.07) is 50.9. The first-order valence-electron chi connectivity index (χ1n) is 34.5. The summed E-state index contributed by atoms with van der Waals surface area (Å²) in [5.41, 5.74) is 63.1. The van der Waals surface area contributed by atoms with Crippen LogP contribution in [0.2, 0.25) is 0 Å². The first-order chi connectivity index (χ1) is 52.8. The molecule has 0 amide bonds. The maximum atomic E-state index is 10.9. The molecular weight excluding hydrogens is 1440 g/mol. The molecule has 12 aromatic rings. The van der Waals surface area contributed by atoms with Gasteiger partial charge in [0.2, 0.25) is 23.8 Å². The van der Waals surface area contributed by atoms with Crippen LogP contribution in [0.4, 0.5) is 47.1 Å². The van der Waals surface area contributed by atoms with Crippen molar-refractivity contribution >= 4 is 59.6 Å². The van der Waals surface area contributed by atoms with Gasteiger partial charge in [0, 0.05) is 78.3 Å². The average molecular weight is 1550 g/mol. The van der Waals surface area contributed by atoms with Crippen LogP contribution in [0.3, 0.4) is 0 Å². The fourth-order valence-corrected chi connectivity index (χ4v) is 10.8. The van der Waals surface area contributed by atoms with Crippen molar-refractivity contribution in [3.8, 4) is 46.0 Å². The number of anilines is 8. The molecule has 0 aliphatic carbocycles. The third-order valence-corrected chi connectivity index (χ3v) is 16.6. The number of aryl methyl sites for hydroxylation is 6. The first-order valence-corrected chi connectivity index (χ1v) is 34.5. The average Bonchev–Trinajstić information content (AvgIpc) is 0.849. The van der Waals surface area contributed by atoms with E-state index in [1.165, 1.54) is 34.9 Å². The number of carbonyl (C=O) groups excluding carboxylic acids is 2. The van der Waals surface area contributed by atoms with Crippen LogP contribution in [-0.4, -0.2) is 95.1 Å². The van der Waals surface area contributed by atoms with Gasteiger partial charge in [-0.2, -0.15) is 19.9 Å². The van der Waals surface area contributed by atoms with Gasteiger partial charge in [0.05, 0.1) is 53.8 Å². The Labute approximate surface area is 671 Å². The van der Waals surface area contributed by atoms with Gasteiger partial charge in [-0.1, -0.05) is 154 Å². The fraction of sp³-hybridized carbons (Fsp3) is 0.250. The molecular formula is C88H112N16O10. The van der Waals surface area contributed by atoms with Crippen molar-refractivity contribution in [3.05, 3.63) is 283 Å². The van der Waals surface area contributed by atoms with E-state index in [9.17, 15) is 9.59 Å². The Hall–Kier alpha value is -13.8. The van der Waals surface area contributed by atoms with Crippen molar-refractivity contribution in [1.29, 1.82) is 0 Å². The number of aldehydes is 2. The molecule has 0 bridgehead atoms. The van der Waals surface area contributed by atoms with Crippen molar-refractivity contribution in [2.45, 2.75) is 110 Å². The van der Waals surface area contributed by atoms with Gasteiger partial charge in [-0.05, 0) is 136 Å². The Bertz CT molecular complexity index is 4770. The molecule has 4 heterocycles. The second-order valence-corrected chi connectivity index (χ2v) is 25.1. The second-order valence-electron chi connectivity index (χ2n) is 25.1. The molecule has 0 spiro atoms. The number of carbonyl (C=O) groups is 2. The van der Waals surface area contributed by atoms with Crippen LogP contribution in [0.25, 0.3) is 0 Å². The van der Waals surface area contributed by atoms with Gasteiger partial charge in [-0.15, -0.1) is 0 Å². The molecule has 0 atom stereocenters. The topological polar surface area (TPSA) is 419 Å². The molecule has 0 aliphatic heterocycles. The highest BCUT2D eigenvalue weighted by Crippen LogP contribution is 2.31. The lowest BCUT2D eigenvalue weighted by molar-refractivity contribution is 0.111. The minimum Gasteiger partial charge on any atom is -0.496 e. The van der Waals surface area contributed by atoms with Gasteiger partial charge < -0.3 is 83.8 Å². The Morgan fingerprint density at radius 1 is 0.281 bits per heavy atom. The summed E-state index contributed by atoms with van der Waals surface area (Å²) in [4.78, 5) is 53.1. The van der Waals surface area contributed by atoms with Crippen LogP contribution in [0, 0.1) is 41.5 Å². The maximum absolute atomic E-state index is 10.9. The quantitative estimate of drug-likeness (QED) is 0.0292. The highest BCUT2D eigenvalue weighted by Gasteiger charge is 2.15. The van der Waals surface area contributed by atoms with E-state index in [2.05, 4.69) is 89.3 Å². The zero-order chi connectivity index (χ0) is 79.8. The Morgan fingerprint density at radius 3 is 0.798 bits per heavy atom. The number of ether oxygens (including phenoxy) is 8. The third kappa shape index (κ3) is 29.2. The zero-order valence-corrected chi connectivity index (χ0v) is 64.0. The Morgan fingerprint density at radius 2 is 0.518 bits per heavy atom. The van der Waals surface area contributed by atoms with Crippen molar-refractivity contribution < 1.29 is 47.5 Å². The van der Waals surface area contributed by atoms with Crippen molar-refractivity contribution in [2.24, 2.45) is 0 Å². The van der Waals surface area contributed by atoms with E-state index in [-0.39, 0.29) is 53.5 Å². The molecule has 0 aliphatic rings.